The normalized spacial score (nSPS) is 9.23. The van der Waals surface area contributed by atoms with E-state index in [4.69, 9.17) is 0 Å². The molecule has 13 heavy (non-hydrogen) atoms. The van der Waals surface area contributed by atoms with Gasteiger partial charge in [0.15, 0.2) is 0 Å². The molecule has 1 aromatic heterocycles. The second-order valence-electron chi connectivity index (χ2n) is 2.64. The van der Waals surface area contributed by atoms with E-state index in [1.807, 2.05) is 29.0 Å². The van der Waals surface area contributed by atoms with Crippen LogP contribution >= 0.6 is 0 Å². The third kappa shape index (κ3) is 2.85. The molecule has 0 saturated heterocycles. The van der Waals surface area contributed by atoms with Crippen molar-refractivity contribution < 1.29 is 22.4 Å². The zero-order valence-corrected chi connectivity index (χ0v) is 9.11. The van der Waals surface area contributed by atoms with Gasteiger partial charge < -0.3 is 9.55 Å². The van der Waals surface area contributed by atoms with Gasteiger partial charge in [-0.15, -0.1) is 12.4 Å². The van der Waals surface area contributed by atoms with Gasteiger partial charge in [-0.25, -0.2) is 0 Å². The van der Waals surface area contributed by atoms with Gasteiger partial charge in [0.1, 0.15) is 0 Å². The molecule has 1 aromatic carbocycles. The molecule has 70 valence electrons. The zero-order chi connectivity index (χ0) is 8.23. The molecule has 0 radical (unpaired) electrons. The van der Waals surface area contributed by atoms with E-state index in [0.717, 1.165) is 6.54 Å². The van der Waals surface area contributed by atoms with Crippen LogP contribution in [0.2, 0.25) is 0 Å². The Morgan fingerprint density at radius 3 is 2.62 bits per heavy atom. The van der Waals surface area contributed by atoms with Crippen LogP contribution in [0.4, 0.5) is 0 Å². The monoisotopic (exact) mass is 354 g/mol. The zero-order valence-electron chi connectivity index (χ0n) is 6.94. The van der Waals surface area contributed by atoms with Crippen LogP contribution in [0.3, 0.4) is 0 Å². The van der Waals surface area contributed by atoms with Crippen LogP contribution in [0.25, 0.3) is 0 Å². The Labute approximate surface area is 93.1 Å². The van der Waals surface area contributed by atoms with Crippen LogP contribution in [0.5, 0.6) is 0 Å². The fourth-order valence-corrected chi connectivity index (χ4v) is 1.12. The molecule has 0 aliphatic carbocycles. The molecule has 0 aliphatic rings. The first kappa shape index (κ1) is 10.3. The fourth-order valence-electron chi connectivity index (χ4n) is 1.12. The third-order valence-corrected chi connectivity index (χ3v) is 1.70. The largest absolute Gasteiger partial charge is 1.00 e. The molecule has 2 rings (SSSR count). The van der Waals surface area contributed by atoms with Gasteiger partial charge in [0.05, 0.1) is 0 Å². The summed E-state index contributed by atoms with van der Waals surface area (Å²) in [5, 5.41) is 0. The first-order valence-corrected chi connectivity index (χ1v) is 3.88. The molecule has 2 nitrogen and oxygen atoms in total. The van der Waals surface area contributed by atoms with E-state index in [0.29, 0.717) is 0 Å². The van der Waals surface area contributed by atoms with Crippen molar-refractivity contribution in [2.45, 2.75) is 6.54 Å². The number of hydrogen-bond donors (Lipinski definition) is 0. The maximum atomic E-state index is 3.86. The van der Waals surface area contributed by atoms with Gasteiger partial charge in [-0.1, -0.05) is 30.3 Å². The van der Waals surface area contributed by atoms with E-state index in [2.05, 4.69) is 23.4 Å². The minimum Gasteiger partial charge on any atom is -0.450 e. The first-order valence-electron chi connectivity index (χ1n) is 3.88. The van der Waals surface area contributed by atoms with Gasteiger partial charge in [-0.3, -0.25) is 0 Å². The molecular weight excluding hydrogens is 345 g/mol. The molecule has 0 fully saturated rings. The van der Waals surface area contributed by atoms with E-state index >= 15 is 0 Å². The summed E-state index contributed by atoms with van der Waals surface area (Å²) in [6.07, 6.45) is 6.50. The molecular formula is C10H9AuN2. The first-order chi connectivity index (χ1) is 5.95. The van der Waals surface area contributed by atoms with Gasteiger partial charge in [0.25, 0.3) is 0 Å². The number of aromatic nitrogens is 2. The van der Waals surface area contributed by atoms with Gasteiger partial charge in [-0.05, 0) is 5.56 Å². The molecule has 0 amide bonds. The van der Waals surface area contributed by atoms with E-state index in [1.54, 1.807) is 6.20 Å². The Morgan fingerprint density at radius 2 is 2.00 bits per heavy atom. The average molecular weight is 354 g/mol. The van der Waals surface area contributed by atoms with Gasteiger partial charge >= 0.3 is 22.4 Å². The topological polar surface area (TPSA) is 17.8 Å². The summed E-state index contributed by atoms with van der Waals surface area (Å²) in [7, 11) is 0. The summed E-state index contributed by atoms with van der Waals surface area (Å²) in [6.45, 7) is 0.848. The maximum Gasteiger partial charge on any atom is 1.00 e. The number of imidazole rings is 1. The molecule has 2 aromatic rings. The van der Waals surface area contributed by atoms with Crippen LogP contribution in [-0.2, 0) is 28.9 Å². The third-order valence-electron chi connectivity index (χ3n) is 1.70. The van der Waals surface area contributed by atoms with E-state index in [1.165, 1.54) is 5.56 Å². The predicted octanol–water partition coefficient (Wildman–Crippen LogP) is 1.73. The standard InChI is InChI=1S/C10H9N2.Au/c1-2-4-10(5-3-1)8-12-7-6-11-9-12;/h1-7H,8H2;/q-1;+1. The van der Waals surface area contributed by atoms with Gasteiger partial charge in [-0.2, -0.15) is 0 Å². The molecule has 0 aliphatic heterocycles. The van der Waals surface area contributed by atoms with E-state index < -0.39 is 0 Å². The van der Waals surface area contributed by atoms with Crippen molar-refractivity contribution in [1.82, 2.24) is 9.55 Å². The Hall–Kier alpha value is -0.830. The predicted molar refractivity (Wildman–Crippen MR) is 46.6 cm³/mol. The van der Waals surface area contributed by atoms with Crippen molar-refractivity contribution in [2.24, 2.45) is 0 Å². The van der Waals surface area contributed by atoms with E-state index in [-0.39, 0.29) is 22.4 Å². The molecule has 0 N–H and O–H groups in total. The summed E-state index contributed by atoms with van der Waals surface area (Å²) in [6, 6.07) is 10.3. The van der Waals surface area contributed by atoms with Gasteiger partial charge in [0.2, 0.25) is 0 Å². The maximum absolute atomic E-state index is 3.86. The molecule has 0 spiro atoms. The van der Waals surface area contributed by atoms with Crippen molar-refractivity contribution in [3.8, 4) is 0 Å². The molecule has 0 bridgehead atoms. The smallest absolute Gasteiger partial charge is 0.450 e. The number of rotatable bonds is 2. The number of hydrogen-bond acceptors (Lipinski definition) is 1. The van der Waals surface area contributed by atoms with Crippen molar-refractivity contribution in [1.29, 1.82) is 0 Å². The van der Waals surface area contributed by atoms with Crippen molar-refractivity contribution in [2.75, 3.05) is 0 Å². The average Bonchev–Trinajstić information content (AvgIpc) is 2.59. The summed E-state index contributed by atoms with van der Waals surface area (Å²) in [5.41, 5.74) is 1.27. The second kappa shape index (κ2) is 5.02. The van der Waals surface area contributed by atoms with Crippen LogP contribution in [0, 0.1) is 6.33 Å². The van der Waals surface area contributed by atoms with E-state index in [9.17, 15) is 0 Å². The molecule has 3 heteroatoms. The van der Waals surface area contributed by atoms with Crippen LogP contribution in [0.15, 0.2) is 42.7 Å². The fraction of sp³-hybridized carbons (Fsp3) is 0.100. The van der Waals surface area contributed by atoms with Crippen molar-refractivity contribution >= 4 is 0 Å². The second-order valence-corrected chi connectivity index (χ2v) is 2.64. The molecule has 0 unspecified atom stereocenters. The Kier molecular flexibility index (Phi) is 3.96. The number of nitrogens with zero attached hydrogens (tertiary/aromatic N) is 2. The Balaban J connectivity index is 0.000000845. The molecule has 0 atom stereocenters. The summed E-state index contributed by atoms with van der Waals surface area (Å²) in [5.74, 6) is 0. The molecule has 1 heterocycles. The molecule has 0 saturated carbocycles. The van der Waals surface area contributed by atoms with Gasteiger partial charge in [0, 0.05) is 12.9 Å². The SMILES string of the molecule is [Au+].[c-]1nccn1Cc1ccccc1. The Morgan fingerprint density at radius 1 is 1.23 bits per heavy atom. The summed E-state index contributed by atoms with van der Waals surface area (Å²) < 4.78 is 1.93. The number of benzene rings is 1. The van der Waals surface area contributed by atoms with Crippen LogP contribution in [-0.4, -0.2) is 9.55 Å². The quantitative estimate of drug-likeness (QED) is 0.593. The van der Waals surface area contributed by atoms with Crippen molar-refractivity contribution in [3.63, 3.8) is 0 Å². The van der Waals surface area contributed by atoms with Crippen LogP contribution in [0.1, 0.15) is 5.56 Å². The van der Waals surface area contributed by atoms with Crippen molar-refractivity contribution in [3.05, 3.63) is 54.6 Å². The van der Waals surface area contributed by atoms with Crippen LogP contribution < -0.4 is 0 Å². The Bertz CT molecular complexity index is 329. The minimum atomic E-state index is 0. The summed E-state index contributed by atoms with van der Waals surface area (Å²) >= 11 is 0. The summed E-state index contributed by atoms with van der Waals surface area (Å²) in [4.78, 5) is 3.86. The minimum absolute atomic E-state index is 0.